The number of thiophene rings is 1. The van der Waals surface area contributed by atoms with Crippen LogP contribution in [-0.4, -0.2) is 53.0 Å². The van der Waals surface area contributed by atoms with Gasteiger partial charge in [0.05, 0.1) is 18.5 Å². The molecule has 0 saturated carbocycles. The number of hydrogen-bond acceptors (Lipinski definition) is 10. The summed E-state index contributed by atoms with van der Waals surface area (Å²) in [7, 11) is 1.35. The summed E-state index contributed by atoms with van der Waals surface area (Å²) in [6.45, 7) is 7.20. The molecular weight excluding hydrogens is 528 g/mol. The molecule has 0 saturated heterocycles. The number of methoxy groups -OCH3 is 1. The molecule has 0 amide bonds. The van der Waals surface area contributed by atoms with Crippen molar-refractivity contribution in [3.63, 3.8) is 0 Å². The quantitative estimate of drug-likeness (QED) is 0.271. The van der Waals surface area contributed by atoms with Crippen molar-refractivity contribution in [1.29, 1.82) is 0 Å². The zero-order chi connectivity index (χ0) is 28.9. The van der Waals surface area contributed by atoms with E-state index in [4.69, 9.17) is 18.9 Å². The van der Waals surface area contributed by atoms with Gasteiger partial charge in [-0.1, -0.05) is 30.3 Å². The third-order valence-corrected chi connectivity index (χ3v) is 6.81. The molecule has 3 aromatic rings. The molecule has 12 heteroatoms. The fourth-order valence-electron chi connectivity index (χ4n) is 3.94. The van der Waals surface area contributed by atoms with Gasteiger partial charge in [-0.3, -0.25) is 14.2 Å². The molecule has 11 nitrogen and oxygen atoms in total. The summed E-state index contributed by atoms with van der Waals surface area (Å²) in [5, 5.41) is 0.0845. The first-order valence-electron chi connectivity index (χ1n) is 12.3. The third-order valence-electron chi connectivity index (χ3n) is 5.52. The smallest absolute Gasteiger partial charge is 0.348 e. The Morgan fingerprint density at radius 3 is 2.28 bits per heavy atom. The molecule has 1 aromatic carbocycles. The second-order valence-electron chi connectivity index (χ2n) is 9.65. The second-order valence-corrected chi connectivity index (χ2v) is 10.6. The molecule has 210 valence electrons. The Kier molecular flexibility index (Phi) is 9.46. The minimum absolute atomic E-state index is 0.0845. The van der Waals surface area contributed by atoms with Crippen LogP contribution in [0.5, 0.6) is 0 Å². The van der Waals surface area contributed by atoms with Gasteiger partial charge in [-0.05, 0) is 45.7 Å². The standard InChI is InChI=1S/C27H32N2O9S/c1-7-36-25(33)22-16(2)21-23(32)28(14-19(30)38-27(3,4)5)26(34)29(24(21)39-22)13-18(37-20(31)15-35-6)17-11-9-8-10-12-17/h8-12,18H,7,13-15H2,1-6H3. The predicted molar refractivity (Wildman–Crippen MR) is 144 cm³/mol. The number of benzene rings is 1. The highest BCUT2D eigenvalue weighted by Crippen LogP contribution is 2.30. The summed E-state index contributed by atoms with van der Waals surface area (Å²) in [5.41, 5.74) is -1.50. The summed E-state index contributed by atoms with van der Waals surface area (Å²) in [6, 6.07) is 8.75. The predicted octanol–water partition coefficient (Wildman–Crippen LogP) is 2.98. The van der Waals surface area contributed by atoms with Gasteiger partial charge in [0, 0.05) is 7.11 Å². The van der Waals surface area contributed by atoms with Gasteiger partial charge >= 0.3 is 23.6 Å². The number of aryl methyl sites for hydroxylation is 1. The molecule has 2 aromatic heterocycles. The van der Waals surface area contributed by atoms with E-state index in [1.807, 2.05) is 0 Å². The average molecular weight is 561 g/mol. The van der Waals surface area contributed by atoms with Crippen LogP contribution in [0, 0.1) is 6.92 Å². The summed E-state index contributed by atoms with van der Waals surface area (Å²) in [4.78, 5) is 65.3. The Morgan fingerprint density at radius 2 is 1.69 bits per heavy atom. The van der Waals surface area contributed by atoms with Crippen LogP contribution in [0.1, 0.15) is 54.6 Å². The van der Waals surface area contributed by atoms with E-state index in [2.05, 4.69) is 0 Å². The largest absolute Gasteiger partial charge is 0.462 e. The van der Waals surface area contributed by atoms with Crippen LogP contribution >= 0.6 is 11.3 Å². The van der Waals surface area contributed by atoms with Crippen LogP contribution in [0.25, 0.3) is 10.2 Å². The van der Waals surface area contributed by atoms with E-state index in [1.54, 1.807) is 65.0 Å². The summed E-state index contributed by atoms with van der Waals surface area (Å²) < 4.78 is 23.0. The summed E-state index contributed by atoms with van der Waals surface area (Å²) in [6.07, 6.45) is -0.948. The molecule has 0 spiro atoms. The Labute approximate surface area is 228 Å². The van der Waals surface area contributed by atoms with E-state index in [1.165, 1.54) is 11.7 Å². The van der Waals surface area contributed by atoms with Gasteiger partial charge in [-0.15, -0.1) is 11.3 Å². The number of nitrogens with zero attached hydrogens (tertiary/aromatic N) is 2. The van der Waals surface area contributed by atoms with Crippen LogP contribution in [0.15, 0.2) is 39.9 Å². The number of hydrogen-bond donors (Lipinski definition) is 0. The van der Waals surface area contributed by atoms with Crippen molar-refractivity contribution in [3.8, 4) is 0 Å². The molecule has 0 radical (unpaired) electrons. The van der Waals surface area contributed by atoms with Crippen molar-refractivity contribution in [2.75, 3.05) is 20.3 Å². The first kappa shape index (κ1) is 29.8. The molecule has 39 heavy (non-hydrogen) atoms. The van der Waals surface area contributed by atoms with Gasteiger partial charge in [0.1, 0.15) is 34.6 Å². The zero-order valence-corrected chi connectivity index (χ0v) is 23.6. The fourth-order valence-corrected chi connectivity index (χ4v) is 5.14. The molecule has 0 aliphatic rings. The SMILES string of the molecule is CCOC(=O)c1sc2c(c1C)c(=O)n(CC(=O)OC(C)(C)C)c(=O)n2CC(OC(=O)COC)c1ccccc1. The van der Waals surface area contributed by atoms with Gasteiger partial charge in [0.2, 0.25) is 0 Å². The molecule has 1 atom stereocenters. The normalized spacial score (nSPS) is 12.3. The molecule has 0 N–H and O–H groups in total. The molecule has 2 heterocycles. The minimum atomic E-state index is -0.948. The van der Waals surface area contributed by atoms with E-state index in [-0.39, 0.29) is 34.9 Å². The maximum atomic E-state index is 13.7. The van der Waals surface area contributed by atoms with Gasteiger partial charge in [-0.25, -0.2) is 19.0 Å². The summed E-state index contributed by atoms with van der Waals surface area (Å²) in [5.74, 6) is -2.08. The van der Waals surface area contributed by atoms with Crippen molar-refractivity contribution >= 4 is 39.5 Å². The van der Waals surface area contributed by atoms with E-state index >= 15 is 0 Å². The van der Waals surface area contributed by atoms with Crippen molar-refractivity contribution in [3.05, 3.63) is 67.2 Å². The zero-order valence-electron chi connectivity index (χ0n) is 22.8. The van der Waals surface area contributed by atoms with Crippen LogP contribution in [0.2, 0.25) is 0 Å². The third kappa shape index (κ3) is 7.01. The van der Waals surface area contributed by atoms with E-state index in [0.29, 0.717) is 11.1 Å². The second kappa shape index (κ2) is 12.4. The maximum absolute atomic E-state index is 13.7. The van der Waals surface area contributed by atoms with Crippen molar-refractivity contribution in [2.45, 2.75) is 59.4 Å². The van der Waals surface area contributed by atoms with Crippen molar-refractivity contribution < 1.29 is 33.3 Å². The molecule has 0 aliphatic carbocycles. The number of esters is 3. The topological polar surface area (TPSA) is 132 Å². The lowest BCUT2D eigenvalue weighted by Crippen LogP contribution is -2.43. The van der Waals surface area contributed by atoms with E-state index < -0.39 is 47.4 Å². The van der Waals surface area contributed by atoms with Crippen molar-refractivity contribution in [2.24, 2.45) is 0 Å². The first-order chi connectivity index (χ1) is 18.4. The lowest BCUT2D eigenvalue weighted by atomic mass is 10.1. The van der Waals surface area contributed by atoms with Gasteiger partial charge in [0.15, 0.2) is 0 Å². The van der Waals surface area contributed by atoms with Gasteiger partial charge in [0.25, 0.3) is 5.56 Å². The average Bonchev–Trinajstić information content (AvgIpc) is 3.20. The highest BCUT2D eigenvalue weighted by molar-refractivity contribution is 7.20. The van der Waals surface area contributed by atoms with Crippen LogP contribution in [0.4, 0.5) is 0 Å². The number of carbonyl (C=O) groups excluding carboxylic acids is 3. The Hall–Kier alpha value is -3.77. The Morgan fingerprint density at radius 1 is 1.03 bits per heavy atom. The first-order valence-corrected chi connectivity index (χ1v) is 13.1. The van der Waals surface area contributed by atoms with Crippen LogP contribution < -0.4 is 11.2 Å². The molecule has 1 unspecified atom stereocenters. The maximum Gasteiger partial charge on any atom is 0.348 e. The molecule has 3 rings (SSSR count). The molecule has 0 fully saturated rings. The number of fused-ring (bicyclic) bond motifs is 1. The lowest BCUT2D eigenvalue weighted by Gasteiger charge is -2.22. The van der Waals surface area contributed by atoms with Crippen molar-refractivity contribution in [1.82, 2.24) is 9.13 Å². The molecular formula is C27H32N2O9S. The minimum Gasteiger partial charge on any atom is -0.462 e. The van der Waals surface area contributed by atoms with E-state index in [0.717, 1.165) is 15.9 Å². The highest BCUT2D eigenvalue weighted by Gasteiger charge is 2.28. The fraction of sp³-hybridized carbons (Fsp3) is 0.444. The highest BCUT2D eigenvalue weighted by atomic mass is 32.1. The Bertz CT molecular complexity index is 1480. The van der Waals surface area contributed by atoms with Crippen LogP contribution in [0.3, 0.4) is 0 Å². The van der Waals surface area contributed by atoms with Gasteiger partial charge < -0.3 is 18.9 Å². The molecule has 0 bridgehead atoms. The number of rotatable bonds is 10. The number of aromatic nitrogens is 2. The van der Waals surface area contributed by atoms with Crippen LogP contribution in [-0.2, 0) is 41.6 Å². The molecule has 0 aliphatic heterocycles. The van der Waals surface area contributed by atoms with Gasteiger partial charge in [-0.2, -0.15) is 0 Å². The Balaban J connectivity index is 2.25. The number of ether oxygens (including phenoxy) is 4. The monoisotopic (exact) mass is 560 g/mol. The lowest BCUT2D eigenvalue weighted by molar-refractivity contribution is -0.156. The van der Waals surface area contributed by atoms with E-state index in [9.17, 15) is 24.0 Å². The number of carbonyl (C=O) groups is 3. The summed E-state index contributed by atoms with van der Waals surface area (Å²) >= 11 is 0.925.